The Labute approximate surface area is 212 Å². The molecule has 0 aromatic heterocycles. The number of hydrogen-bond acceptors (Lipinski definition) is 5. The number of carbonyl (C=O) groups is 1. The van der Waals surface area contributed by atoms with Gasteiger partial charge in [-0.1, -0.05) is 34.1 Å². The molecule has 4 rings (SSSR count). The number of carbonyl (C=O) groups excluding carboxylic acids is 1. The van der Waals surface area contributed by atoms with Crippen molar-refractivity contribution in [2.24, 2.45) is 52.3 Å². The zero-order chi connectivity index (χ0) is 25.8. The van der Waals surface area contributed by atoms with Crippen LogP contribution in [0.25, 0.3) is 0 Å². The fraction of sp³-hybridized carbons (Fsp3) is 0.963. The Morgan fingerprint density at radius 3 is 2.34 bits per heavy atom. The number of aliphatic hydroxyl groups is 2. The van der Waals surface area contributed by atoms with Crippen LogP contribution in [0.4, 0.5) is 4.79 Å². The molecule has 0 unspecified atom stereocenters. The molecular weight excluding hydrogens is 464 g/mol. The summed E-state index contributed by atoms with van der Waals surface area (Å²) in [7, 11) is -3.56. The van der Waals surface area contributed by atoms with Gasteiger partial charge in [0.15, 0.2) is 0 Å². The molecule has 2 amide bonds. The number of hydrogen-bond donors (Lipinski definition) is 4. The fourth-order valence-electron chi connectivity index (χ4n) is 9.75. The van der Waals surface area contributed by atoms with E-state index in [4.69, 9.17) is 0 Å². The van der Waals surface area contributed by atoms with Crippen LogP contribution in [-0.4, -0.2) is 49.7 Å². The maximum atomic E-state index is 11.8. The van der Waals surface area contributed by atoms with E-state index in [2.05, 4.69) is 33.0 Å². The second-order valence-corrected chi connectivity index (χ2v) is 14.8. The molecule has 4 aliphatic carbocycles. The minimum Gasteiger partial charge on any atom is -0.393 e. The Hall–Kier alpha value is -0.860. The normalized spacial score (nSPS) is 46.1. The number of nitrogens with one attached hydrogen (secondary N) is 2. The van der Waals surface area contributed by atoms with Crippen molar-refractivity contribution in [2.75, 3.05) is 12.8 Å². The molecule has 11 atom stereocenters. The Balaban J connectivity index is 1.47. The van der Waals surface area contributed by atoms with Gasteiger partial charge in [0, 0.05) is 6.54 Å². The third kappa shape index (κ3) is 4.88. The van der Waals surface area contributed by atoms with Crippen molar-refractivity contribution in [3.63, 3.8) is 0 Å². The van der Waals surface area contributed by atoms with E-state index in [0.717, 1.165) is 57.6 Å². The molecule has 0 spiro atoms. The second kappa shape index (κ2) is 9.79. The molecule has 0 aromatic rings. The summed E-state index contributed by atoms with van der Waals surface area (Å²) in [6, 6.07) is -0.660. The van der Waals surface area contributed by atoms with Crippen molar-refractivity contribution < 1.29 is 23.4 Å². The van der Waals surface area contributed by atoms with Crippen LogP contribution in [0.3, 0.4) is 0 Å². The van der Waals surface area contributed by atoms with E-state index >= 15 is 0 Å². The molecule has 4 aliphatic rings. The molecule has 4 N–H and O–H groups in total. The summed E-state index contributed by atoms with van der Waals surface area (Å²) >= 11 is 0. The lowest BCUT2D eigenvalue weighted by atomic mass is 9.41. The van der Waals surface area contributed by atoms with Gasteiger partial charge >= 0.3 is 6.03 Å². The average Bonchev–Trinajstić information content (AvgIpc) is 3.11. The van der Waals surface area contributed by atoms with Gasteiger partial charge in [0.25, 0.3) is 0 Å². The predicted octanol–water partition coefficient (Wildman–Crippen LogP) is 3.90. The summed E-state index contributed by atoms with van der Waals surface area (Å²) in [4.78, 5) is 11.8. The fourth-order valence-corrected chi connectivity index (χ4v) is 10.2. The monoisotopic (exact) mass is 512 g/mol. The smallest absolute Gasteiger partial charge is 0.328 e. The lowest BCUT2D eigenvalue weighted by Gasteiger charge is -2.64. The highest BCUT2D eigenvalue weighted by Crippen LogP contribution is 2.69. The lowest BCUT2D eigenvalue weighted by Crippen LogP contribution is -2.62. The van der Waals surface area contributed by atoms with Crippen LogP contribution in [0.5, 0.6) is 0 Å². The molecule has 0 bridgehead atoms. The Morgan fingerprint density at radius 2 is 1.69 bits per heavy atom. The molecule has 0 heterocycles. The van der Waals surface area contributed by atoms with Crippen molar-refractivity contribution in [1.82, 2.24) is 10.0 Å². The minimum absolute atomic E-state index is 0.187. The summed E-state index contributed by atoms with van der Waals surface area (Å²) in [6.07, 6.45) is 9.74. The lowest BCUT2D eigenvalue weighted by molar-refractivity contribution is -0.203. The van der Waals surface area contributed by atoms with E-state index in [1.165, 1.54) is 6.42 Å². The molecule has 202 valence electrons. The van der Waals surface area contributed by atoms with E-state index in [1.807, 2.05) is 4.72 Å². The summed E-state index contributed by atoms with van der Waals surface area (Å²) in [5, 5.41) is 25.0. The van der Waals surface area contributed by atoms with Crippen molar-refractivity contribution in [1.29, 1.82) is 0 Å². The molecule has 0 aromatic carbocycles. The van der Waals surface area contributed by atoms with E-state index in [9.17, 15) is 23.4 Å². The number of sulfonamides is 1. The van der Waals surface area contributed by atoms with Crippen LogP contribution >= 0.6 is 0 Å². The molecule has 0 saturated heterocycles. The number of fused-ring (bicyclic) bond motifs is 5. The van der Waals surface area contributed by atoms with Gasteiger partial charge in [0.1, 0.15) is 0 Å². The third-order valence-corrected chi connectivity index (χ3v) is 11.9. The zero-order valence-electron chi connectivity index (χ0n) is 22.3. The van der Waals surface area contributed by atoms with E-state index in [1.54, 1.807) is 0 Å². The van der Waals surface area contributed by atoms with Gasteiger partial charge in [-0.15, -0.1) is 0 Å². The number of amides is 2. The highest BCUT2D eigenvalue weighted by Gasteiger charge is 2.64. The number of rotatable bonds is 6. The highest BCUT2D eigenvalue weighted by atomic mass is 32.2. The van der Waals surface area contributed by atoms with Crippen molar-refractivity contribution in [3.05, 3.63) is 0 Å². The first kappa shape index (κ1) is 27.2. The molecule has 4 fully saturated rings. The van der Waals surface area contributed by atoms with Crippen LogP contribution in [0, 0.1) is 52.3 Å². The molecule has 0 radical (unpaired) electrons. The molecule has 8 heteroatoms. The van der Waals surface area contributed by atoms with Gasteiger partial charge in [-0.3, -0.25) is 0 Å². The number of aliphatic hydroxyl groups excluding tert-OH is 2. The average molecular weight is 513 g/mol. The molecule has 7 nitrogen and oxygen atoms in total. The Bertz CT molecular complexity index is 896. The van der Waals surface area contributed by atoms with E-state index < -0.39 is 16.1 Å². The minimum atomic E-state index is -3.56. The standard InChI is InChI=1S/C27H48N2O5S/c1-6-18-22-15-17(30)9-12-27(22,4)21-10-13-26(3)19(7-8-20(26)23(21)24(18)31)16(2)11-14-28-25(32)29-35(5,33)34/h16-24,30-31H,6-15H2,1-5H3,(H2,28,29,32)/t16-,17-,18-,19-,20+,21+,22+,23+,24-,26-,27-/m1/s1. The highest BCUT2D eigenvalue weighted by molar-refractivity contribution is 7.89. The zero-order valence-corrected chi connectivity index (χ0v) is 23.1. The van der Waals surface area contributed by atoms with Crippen molar-refractivity contribution in [3.8, 4) is 0 Å². The molecule has 35 heavy (non-hydrogen) atoms. The van der Waals surface area contributed by atoms with E-state index in [-0.39, 0.29) is 29.0 Å². The van der Waals surface area contributed by atoms with Crippen LogP contribution in [0.1, 0.15) is 85.5 Å². The van der Waals surface area contributed by atoms with Crippen LogP contribution in [0.2, 0.25) is 0 Å². The van der Waals surface area contributed by atoms with Crippen LogP contribution < -0.4 is 10.0 Å². The summed E-state index contributed by atoms with van der Waals surface area (Å²) in [5.41, 5.74) is 0.401. The first-order valence-electron chi connectivity index (χ1n) is 13.9. The molecule has 4 saturated carbocycles. The van der Waals surface area contributed by atoms with E-state index in [0.29, 0.717) is 42.1 Å². The van der Waals surface area contributed by atoms with Crippen molar-refractivity contribution in [2.45, 2.75) is 97.7 Å². The first-order valence-corrected chi connectivity index (χ1v) is 15.8. The Kier molecular flexibility index (Phi) is 7.60. The largest absolute Gasteiger partial charge is 0.393 e. The van der Waals surface area contributed by atoms with Gasteiger partial charge in [0.05, 0.1) is 18.5 Å². The maximum absolute atomic E-state index is 11.8. The number of urea groups is 1. The second-order valence-electron chi connectivity index (χ2n) is 13.0. The van der Waals surface area contributed by atoms with Gasteiger partial charge in [-0.25, -0.2) is 17.9 Å². The third-order valence-electron chi connectivity index (χ3n) is 11.3. The molecular formula is C27H48N2O5S. The SMILES string of the molecule is CC[C@H]1[C@@H](O)[C@@H]2[C@H](CC[C@]3(C)[C@@H]([C@H](C)CCNC(=O)NS(C)(=O)=O)CC[C@@H]23)[C@@]2(C)CC[C@@H](O)C[C@@H]12. The quantitative estimate of drug-likeness (QED) is 0.431. The Morgan fingerprint density at radius 1 is 1.03 bits per heavy atom. The predicted molar refractivity (Wildman–Crippen MR) is 137 cm³/mol. The van der Waals surface area contributed by atoms with Gasteiger partial charge in [-0.2, -0.15) is 0 Å². The van der Waals surface area contributed by atoms with Crippen LogP contribution in [-0.2, 0) is 10.0 Å². The maximum Gasteiger partial charge on any atom is 0.328 e. The summed E-state index contributed by atoms with van der Waals surface area (Å²) in [6.45, 7) is 9.87. The first-order chi connectivity index (χ1) is 16.3. The van der Waals surface area contributed by atoms with Crippen LogP contribution in [0.15, 0.2) is 0 Å². The summed E-state index contributed by atoms with van der Waals surface area (Å²) in [5.74, 6) is 3.03. The van der Waals surface area contributed by atoms with Gasteiger partial charge < -0.3 is 15.5 Å². The van der Waals surface area contributed by atoms with Gasteiger partial charge in [0.2, 0.25) is 10.0 Å². The van der Waals surface area contributed by atoms with Crippen molar-refractivity contribution >= 4 is 16.1 Å². The molecule has 0 aliphatic heterocycles. The summed E-state index contributed by atoms with van der Waals surface area (Å²) < 4.78 is 24.5. The van der Waals surface area contributed by atoms with Gasteiger partial charge in [-0.05, 0) is 104 Å². The topological polar surface area (TPSA) is 116 Å².